The number of hydrogen-bond acceptors (Lipinski definition) is 3. The van der Waals surface area contributed by atoms with Crippen molar-refractivity contribution in [3.63, 3.8) is 0 Å². The molecule has 0 unspecified atom stereocenters. The summed E-state index contributed by atoms with van der Waals surface area (Å²) in [7, 11) is 0. The highest BCUT2D eigenvalue weighted by Crippen LogP contribution is 2.34. The highest BCUT2D eigenvalue weighted by molar-refractivity contribution is 5.89. The lowest BCUT2D eigenvalue weighted by Crippen LogP contribution is -2.47. The topological polar surface area (TPSA) is 47.6 Å². The van der Waals surface area contributed by atoms with E-state index in [0.29, 0.717) is 19.8 Å². The molecule has 0 aromatic heterocycles. The van der Waals surface area contributed by atoms with Crippen LogP contribution in [0, 0.1) is 0 Å². The van der Waals surface area contributed by atoms with E-state index in [0.717, 1.165) is 29.4 Å². The van der Waals surface area contributed by atoms with Crippen LogP contribution in [0.3, 0.4) is 0 Å². The number of carbonyl (C=O) groups is 1. The van der Waals surface area contributed by atoms with Crippen LogP contribution in [0.4, 0.5) is 0 Å². The number of amides is 1. The number of ether oxygens (including phenoxy) is 2. The molecule has 0 bridgehead atoms. The first-order valence-electron chi connectivity index (χ1n) is 10.2. The van der Waals surface area contributed by atoms with Crippen LogP contribution in [0.1, 0.15) is 25.3 Å². The van der Waals surface area contributed by atoms with Gasteiger partial charge in [-0.3, -0.25) is 4.79 Å². The molecular weight excluding hydrogens is 362 g/mol. The summed E-state index contributed by atoms with van der Waals surface area (Å²) >= 11 is 0. The van der Waals surface area contributed by atoms with E-state index in [2.05, 4.69) is 29.6 Å². The fourth-order valence-corrected chi connectivity index (χ4v) is 4.06. The Morgan fingerprint density at radius 3 is 2.48 bits per heavy atom. The fourth-order valence-electron chi connectivity index (χ4n) is 4.06. The molecule has 1 saturated heterocycles. The molecule has 1 aliphatic heterocycles. The molecule has 1 N–H and O–H groups in total. The van der Waals surface area contributed by atoms with E-state index in [4.69, 9.17) is 9.47 Å². The van der Waals surface area contributed by atoms with Crippen molar-refractivity contribution in [1.29, 1.82) is 0 Å². The van der Waals surface area contributed by atoms with Crippen molar-refractivity contribution in [2.24, 2.45) is 0 Å². The predicted molar refractivity (Wildman–Crippen MR) is 115 cm³/mol. The van der Waals surface area contributed by atoms with Crippen LogP contribution < -0.4 is 10.1 Å². The minimum atomic E-state index is -0.575. The highest BCUT2D eigenvalue weighted by atomic mass is 16.5. The third kappa shape index (κ3) is 4.28. The van der Waals surface area contributed by atoms with Crippen LogP contribution in [0.2, 0.25) is 0 Å². The number of benzene rings is 3. The zero-order valence-corrected chi connectivity index (χ0v) is 16.8. The summed E-state index contributed by atoms with van der Waals surface area (Å²) in [6.45, 7) is 3.82. The normalized spacial score (nSPS) is 16.9. The lowest BCUT2D eigenvalue weighted by molar-refractivity contribution is -0.127. The zero-order valence-electron chi connectivity index (χ0n) is 16.8. The zero-order chi connectivity index (χ0) is 20.1. The van der Waals surface area contributed by atoms with Gasteiger partial charge in [-0.2, -0.15) is 0 Å². The minimum absolute atomic E-state index is 0.0890. The molecule has 0 spiro atoms. The van der Waals surface area contributed by atoms with E-state index in [9.17, 15) is 4.79 Å². The van der Waals surface area contributed by atoms with Crippen molar-refractivity contribution in [3.05, 3.63) is 78.4 Å². The number of nitrogens with one attached hydrogen (secondary N) is 1. The van der Waals surface area contributed by atoms with Crippen molar-refractivity contribution in [2.75, 3.05) is 19.8 Å². The van der Waals surface area contributed by atoms with Gasteiger partial charge in [0.25, 0.3) is 5.91 Å². The van der Waals surface area contributed by atoms with Crippen molar-refractivity contribution in [1.82, 2.24) is 5.32 Å². The molecule has 4 nitrogen and oxygen atoms in total. The van der Waals surface area contributed by atoms with E-state index in [1.807, 2.05) is 48.5 Å². The molecule has 4 rings (SSSR count). The number of carbonyl (C=O) groups excluding carboxylic acids is 1. The third-order valence-corrected chi connectivity index (χ3v) is 5.86. The second-order valence-electron chi connectivity index (χ2n) is 7.71. The molecule has 0 aliphatic carbocycles. The molecule has 4 heteroatoms. The van der Waals surface area contributed by atoms with Crippen LogP contribution in [-0.4, -0.2) is 31.8 Å². The molecule has 1 heterocycles. The first-order valence-corrected chi connectivity index (χ1v) is 10.2. The molecule has 3 aromatic rings. The van der Waals surface area contributed by atoms with E-state index >= 15 is 0 Å². The largest absolute Gasteiger partial charge is 0.480 e. The number of rotatable bonds is 6. The molecule has 1 aliphatic rings. The monoisotopic (exact) mass is 389 g/mol. The van der Waals surface area contributed by atoms with Crippen molar-refractivity contribution >= 4 is 16.7 Å². The maximum atomic E-state index is 12.8. The lowest BCUT2D eigenvalue weighted by Gasteiger charge is -2.38. The van der Waals surface area contributed by atoms with Gasteiger partial charge in [0.1, 0.15) is 5.75 Å². The Bertz CT molecular complexity index is 959. The second kappa shape index (κ2) is 8.66. The first-order chi connectivity index (χ1) is 14.2. The SMILES string of the molecule is C[C@H](Oc1cccc2ccccc12)C(=O)NCC1(c2ccccc2)CCOCC1. The molecule has 3 aromatic carbocycles. The maximum absolute atomic E-state index is 12.8. The van der Waals surface area contributed by atoms with Gasteiger partial charge in [0.05, 0.1) is 0 Å². The van der Waals surface area contributed by atoms with Gasteiger partial charge in [-0.1, -0.05) is 66.7 Å². The van der Waals surface area contributed by atoms with E-state index in [1.165, 1.54) is 5.56 Å². The van der Waals surface area contributed by atoms with Crippen molar-refractivity contribution < 1.29 is 14.3 Å². The molecular formula is C25H27NO3. The summed E-state index contributed by atoms with van der Waals surface area (Å²) in [5.74, 6) is 0.634. The van der Waals surface area contributed by atoms with E-state index in [1.54, 1.807) is 6.92 Å². The van der Waals surface area contributed by atoms with E-state index < -0.39 is 6.10 Å². The molecule has 29 heavy (non-hydrogen) atoms. The molecule has 1 atom stereocenters. The second-order valence-corrected chi connectivity index (χ2v) is 7.71. The average Bonchev–Trinajstić information content (AvgIpc) is 2.79. The summed E-state index contributed by atoms with van der Waals surface area (Å²) in [6, 6.07) is 24.4. The maximum Gasteiger partial charge on any atom is 0.260 e. The van der Waals surface area contributed by atoms with E-state index in [-0.39, 0.29) is 11.3 Å². The lowest BCUT2D eigenvalue weighted by atomic mass is 9.74. The van der Waals surface area contributed by atoms with Crippen LogP contribution in [0.5, 0.6) is 5.75 Å². The van der Waals surface area contributed by atoms with Gasteiger partial charge in [-0.05, 0) is 36.8 Å². The summed E-state index contributed by atoms with van der Waals surface area (Å²) in [4.78, 5) is 12.8. The Morgan fingerprint density at radius 1 is 1.00 bits per heavy atom. The Hall–Kier alpha value is -2.85. The van der Waals surface area contributed by atoms with Crippen LogP contribution in [0.15, 0.2) is 72.8 Å². The Balaban J connectivity index is 1.45. The summed E-state index contributed by atoms with van der Waals surface area (Å²) in [5.41, 5.74) is 1.17. The molecule has 1 fully saturated rings. The smallest absolute Gasteiger partial charge is 0.260 e. The predicted octanol–water partition coefficient (Wildman–Crippen LogP) is 4.47. The summed E-state index contributed by atoms with van der Waals surface area (Å²) in [6.07, 6.45) is 1.22. The molecule has 0 radical (unpaired) electrons. The third-order valence-electron chi connectivity index (χ3n) is 5.86. The Labute approximate surface area is 171 Å². The number of hydrogen-bond donors (Lipinski definition) is 1. The van der Waals surface area contributed by atoms with Crippen molar-refractivity contribution in [3.8, 4) is 5.75 Å². The van der Waals surface area contributed by atoms with Crippen LogP contribution in [0.25, 0.3) is 10.8 Å². The first kappa shape index (κ1) is 19.5. The average molecular weight is 389 g/mol. The van der Waals surface area contributed by atoms with Gasteiger partial charge in [0.15, 0.2) is 6.10 Å². The Kier molecular flexibility index (Phi) is 5.81. The fraction of sp³-hybridized carbons (Fsp3) is 0.320. The molecule has 0 saturated carbocycles. The highest BCUT2D eigenvalue weighted by Gasteiger charge is 2.35. The quantitative estimate of drug-likeness (QED) is 0.677. The van der Waals surface area contributed by atoms with Crippen molar-refractivity contribution in [2.45, 2.75) is 31.3 Å². The summed E-state index contributed by atoms with van der Waals surface area (Å²) < 4.78 is 11.6. The van der Waals surface area contributed by atoms with Gasteiger partial charge in [-0.25, -0.2) is 0 Å². The molecule has 150 valence electrons. The molecule has 1 amide bonds. The standard InChI is InChI=1S/C25H27NO3/c1-19(29-23-13-7-9-20-8-5-6-12-22(20)23)24(27)26-18-25(14-16-28-17-15-25)21-10-3-2-4-11-21/h2-13,19H,14-18H2,1H3,(H,26,27)/t19-/m0/s1. The minimum Gasteiger partial charge on any atom is -0.480 e. The Morgan fingerprint density at radius 2 is 1.69 bits per heavy atom. The van der Waals surface area contributed by atoms with Gasteiger partial charge >= 0.3 is 0 Å². The van der Waals surface area contributed by atoms with Gasteiger partial charge in [0.2, 0.25) is 0 Å². The van der Waals surface area contributed by atoms with Gasteiger partial charge in [0, 0.05) is 30.6 Å². The van der Waals surface area contributed by atoms with Crippen LogP contribution in [-0.2, 0) is 14.9 Å². The number of fused-ring (bicyclic) bond motifs is 1. The van der Waals surface area contributed by atoms with Gasteiger partial charge in [-0.15, -0.1) is 0 Å². The summed E-state index contributed by atoms with van der Waals surface area (Å²) in [5, 5.41) is 5.25. The van der Waals surface area contributed by atoms with Gasteiger partial charge < -0.3 is 14.8 Å². The van der Waals surface area contributed by atoms with Crippen LogP contribution >= 0.6 is 0 Å².